The largest absolute Gasteiger partial charge is 0.396 e. The van der Waals surface area contributed by atoms with Crippen LogP contribution < -0.4 is 11.1 Å². The summed E-state index contributed by atoms with van der Waals surface area (Å²) in [6, 6.07) is 4.23. The van der Waals surface area contributed by atoms with Crippen molar-refractivity contribution < 1.29 is 9.50 Å². The Hall–Kier alpha value is -0.680. The number of nitrogens with two attached hydrogens (primary N) is 1. The lowest BCUT2D eigenvalue weighted by Crippen LogP contribution is -2.40. The molecule has 0 saturated carbocycles. The first-order valence-electron chi connectivity index (χ1n) is 6.02. The molecule has 0 aromatic heterocycles. The zero-order valence-corrected chi connectivity index (χ0v) is 11.4. The molecule has 5 heteroatoms. The van der Waals surface area contributed by atoms with Gasteiger partial charge in [-0.15, -0.1) is 0 Å². The number of hydrogen-bond donors (Lipinski definition) is 3. The van der Waals surface area contributed by atoms with Crippen molar-refractivity contribution in [2.75, 3.05) is 13.2 Å². The molecule has 0 radical (unpaired) electrons. The third-order valence-electron chi connectivity index (χ3n) is 3.19. The fourth-order valence-corrected chi connectivity index (χ4v) is 2.05. The summed E-state index contributed by atoms with van der Waals surface area (Å²) in [6.07, 6.45) is 0. The molecule has 0 heterocycles. The summed E-state index contributed by atoms with van der Waals surface area (Å²) in [5.74, 6) is -0.307. The van der Waals surface area contributed by atoms with Gasteiger partial charge in [-0.05, 0) is 25.0 Å². The van der Waals surface area contributed by atoms with Gasteiger partial charge in [-0.3, -0.25) is 0 Å². The van der Waals surface area contributed by atoms with E-state index in [0.29, 0.717) is 10.6 Å². The molecule has 4 N–H and O–H groups in total. The first kappa shape index (κ1) is 15.4. The highest BCUT2D eigenvalue weighted by molar-refractivity contribution is 6.31. The molecule has 0 fully saturated rings. The van der Waals surface area contributed by atoms with Crippen LogP contribution in [0.4, 0.5) is 4.39 Å². The lowest BCUT2D eigenvalue weighted by Gasteiger charge is -2.26. The minimum absolute atomic E-state index is 0.0132. The van der Waals surface area contributed by atoms with Crippen LogP contribution in [0.15, 0.2) is 18.2 Å². The van der Waals surface area contributed by atoms with Gasteiger partial charge in [-0.25, -0.2) is 4.39 Å². The second kappa shape index (κ2) is 7.04. The van der Waals surface area contributed by atoms with Crippen LogP contribution in [0.5, 0.6) is 0 Å². The van der Waals surface area contributed by atoms with Gasteiger partial charge < -0.3 is 16.2 Å². The van der Waals surface area contributed by atoms with Gasteiger partial charge >= 0.3 is 0 Å². The molecule has 0 aliphatic heterocycles. The molecule has 0 saturated heterocycles. The first-order valence-corrected chi connectivity index (χ1v) is 6.39. The van der Waals surface area contributed by atoms with Crippen molar-refractivity contribution >= 4 is 11.6 Å². The van der Waals surface area contributed by atoms with Gasteiger partial charge in [0.25, 0.3) is 0 Å². The topological polar surface area (TPSA) is 58.3 Å². The predicted octanol–water partition coefficient (Wildman–Crippen LogP) is 2.09. The van der Waals surface area contributed by atoms with E-state index in [1.807, 2.05) is 13.8 Å². The normalized spacial score (nSPS) is 16.3. The molecule has 1 rings (SSSR count). The average molecular weight is 275 g/mol. The van der Waals surface area contributed by atoms with Crippen LogP contribution in [0.3, 0.4) is 0 Å². The number of nitrogens with one attached hydrogen (secondary N) is 1. The Bertz CT molecular complexity index is 369. The van der Waals surface area contributed by atoms with Crippen molar-refractivity contribution in [3.63, 3.8) is 0 Å². The van der Waals surface area contributed by atoms with Gasteiger partial charge in [-0.2, -0.15) is 0 Å². The number of benzene rings is 1. The summed E-state index contributed by atoms with van der Waals surface area (Å²) < 4.78 is 13.8. The minimum atomic E-state index is -0.366. The molecule has 0 bridgehead atoms. The highest BCUT2D eigenvalue weighted by atomic mass is 35.5. The van der Waals surface area contributed by atoms with Crippen molar-refractivity contribution in [3.8, 4) is 0 Å². The zero-order chi connectivity index (χ0) is 13.7. The molecule has 3 atom stereocenters. The zero-order valence-electron chi connectivity index (χ0n) is 10.7. The number of hydrogen-bond acceptors (Lipinski definition) is 3. The quantitative estimate of drug-likeness (QED) is 0.744. The second-order valence-electron chi connectivity index (χ2n) is 4.54. The predicted molar refractivity (Wildman–Crippen MR) is 72.1 cm³/mol. The van der Waals surface area contributed by atoms with Crippen LogP contribution in [0.1, 0.15) is 25.5 Å². The summed E-state index contributed by atoms with van der Waals surface area (Å²) in [4.78, 5) is 0. The Kier molecular flexibility index (Phi) is 6.02. The fourth-order valence-electron chi connectivity index (χ4n) is 1.75. The molecule has 3 nitrogen and oxygen atoms in total. The van der Waals surface area contributed by atoms with E-state index in [1.54, 1.807) is 12.1 Å². The van der Waals surface area contributed by atoms with E-state index in [1.165, 1.54) is 6.07 Å². The van der Waals surface area contributed by atoms with Crippen molar-refractivity contribution in [1.82, 2.24) is 5.32 Å². The van der Waals surface area contributed by atoms with Crippen molar-refractivity contribution in [1.29, 1.82) is 0 Å². The Balaban J connectivity index is 2.90. The van der Waals surface area contributed by atoms with Crippen LogP contribution in [0.25, 0.3) is 0 Å². The molecular formula is C13H20ClFN2O. The van der Waals surface area contributed by atoms with E-state index >= 15 is 0 Å². The standard InChI is InChI=1S/C13H20ClFN2O/c1-8(7-18)9(2)17-12(6-16)13-10(14)4-3-5-11(13)15/h3-5,8-9,12,17-18H,6-7,16H2,1-2H3. The number of halogens is 2. The molecule has 1 aromatic rings. The first-order chi connectivity index (χ1) is 8.51. The Morgan fingerprint density at radius 2 is 2.11 bits per heavy atom. The van der Waals surface area contributed by atoms with E-state index in [-0.39, 0.29) is 37.0 Å². The maximum atomic E-state index is 13.8. The molecule has 3 unspecified atom stereocenters. The monoisotopic (exact) mass is 274 g/mol. The average Bonchev–Trinajstić information content (AvgIpc) is 2.35. The molecular weight excluding hydrogens is 255 g/mol. The van der Waals surface area contributed by atoms with Gasteiger partial charge in [-0.1, -0.05) is 24.6 Å². The minimum Gasteiger partial charge on any atom is -0.396 e. The highest BCUT2D eigenvalue weighted by Crippen LogP contribution is 2.26. The third-order valence-corrected chi connectivity index (χ3v) is 3.52. The van der Waals surface area contributed by atoms with Gasteiger partial charge in [0.1, 0.15) is 5.82 Å². The van der Waals surface area contributed by atoms with E-state index in [0.717, 1.165) is 0 Å². The van der Waals surface area contributed by atoms with Crippen molar-refractivity contribution in [2.45, 2.75) is 25.9 Å². The number of aliphatic hydroxyl groups is 1. The van der Waals surface area contributed by atoms with E-state index in [4.69, 9.17) is 22.4 Å². The van der Waals surface area contributed by atoms with Gasteiger partial charge in [0.15, 0.2) is 0 Å². The smallest absolute Gasteiger partial charge is 0.129 e. The van der Waals surface area contributed by atoms with E-state index < -0.39 is 0 Å². The Labute approximate surface area is 112 Å². The summed E-state index contributed by atoms with van der Waals surface area (Å²) >= 11 is 6.01. The molecule has 18 heavy (non-hydrogen) atoms. The summed E-state index contributed by atoms with van der Waals surface area (Å²) in [6.45, 7) is 4.14. The number of aliphatic hydroxyl groups excluding tert-OH is 1. The van der Waals surface area contributed by atoms with Gasteiger partial charge in [0, 0.05) is 35.8 Å². The molecule has 1 aromatic carbocycles. The van der Waals surface area contributed by atoms with Crippen molar-refractivity contribution in [3.05, 3.63) is 34.6 Å². The van der Waals surface area contributed by atoms with Crippen LogP contribution in [0, 0.1) is 11.7 Å². The summed E-state index contributed by atoms with van der Waals surface area (Å²) in [7, 11) is 0. The molecule has 0 amide bonds. The second-order valence-corrected chi connectivity index (χ2v) is 4.95. The van der Waals surface area contributed by atoms with Crippen LogP contribution in [-0.2, 0) is 0 Å². The maximum Gasteiger partial charge on any atom is 0.129 e. The fraction of sp³-hybridized carbons (Fsp3) is 0.538. The molecule has 0 aliphatic rings. The van der Waals surface area contributed by atoms with E-state index in [2.05, 4.69) is 5.32 Å². The SMILES string of the molecule is CC(CO)C(C)NC(CN)c1c(F)cccc1Cl. The Morgan fingerprint density at radius 1 is 1.44 bits per heavy atom. The lowest BCUT2D eigenvalue weighted by atomic mass is 10.0. The maximum absolute atomic E-state index is 13.8. The molecule has 0 aliphatic carbocycles. The highest BCUT2D eigenvalue weighted by Gasteiger charge is 2.21. The van der Waals surface area contributed by atoms with Crippen molar-refractivity contribution in [2.24, 2.45) is 11.7 Å². The Morgan fingerprint density at radius 3 is 2.61 bits per heavy atom. The van der Waals surface area contributed by atoms with Gasteiger partial charge in [0.2, 0.25) is 0 Å². The van der Waals surface area contributed by atoms with E-state index in [9.17, 15) is 4.39 Å². The summed E-state index contributed by atoms with van der Waals surface area (Å²) in [5.41, 5.74) is 6.07. The molecule has 0 spiro atoms. The lowest BCUT2D eigenvalue weighted by molar-refractivity contribution is 0.201. The molecule has 102 valence electrons. The number of rotatable bonds is 6. The van der Waals surface area contributed by atoms with Crippen LogP contribution in [-0.4, -0.2) is 24.3 Å². The van der Waals surface area contributed by atoms with Crippen LogP contribution >= 0.6 is 11.6 Å². The summed E-state index contributed by atoms with van der Waals surface area (Å²) in [5, 5.41) is 12.7. The van der Waals surface area contributed by atoms with Crippen LogP contribution in [0.2, 0.25) is 5.02 Å². The van der Waals surface area contributed by atoms with Gasteiger partial charge in [0.05, 0.1) is 0 Å². The third kappa shape index (κ3) is 3.65.